The van der Waals surface area contributed by atoms with Gasteiger partial charge in [0.05, 0.1) is 0 Å². The van der Waals surface area contributed by atoms with Crippen molar-refractivity contribution in [2.75, 3.05) is 32.8 Å². The number of amides is 2. The lowest BCUT2D eigenvalue weighted by Gasteiger charge is -2.34. The van der Waals surface area contributed by atoms with Gasteiger partial charge in [-0.15, -0.1) is 6.42 Å². The molecule has 1 saturated heterocycles. The number of likely N-dealkylation sites (tertiary alicyclic amines) is 1. The minimum Gasteiger partial charge on any atom is -0.481 e. The largest absolute Gasteiger partial charge is 0.481 e. The summed E-state index contributed by atoms with van der Waals surface area (Å²) < 4.78 is 5.34. The van der Waals surface area contributed by atoms with E-state index in [9.17, 15) is 4.79 Å². The third kappa shape index (κ3) is 6.67. The van der Waals surface area contributed by atoms with E-state index >= 15 is 0 Å². The Labute approximate surface area is 151 Å². The van der Waals surface area contributed by atoms with E-state index in [2.05, 4.69) is 28.4 Å². The van der Waals surface area contributed by atoms with Crippen LogP contribution in [0.5, 0.6) is 5.75 Å². The van der Waals surface area contributed by atoms with Gasteiger partial charge in [0, 0.05) is 19.1 Å². The Hall–Kier alpha value is -2.19. The van der Waals surface area contributed by atoms with Crippen LogP contribution in [0.4, 0.5) is 4.79 Å². The molecule has 1 unspecified atom stereocenters. The first-order valence-corrected chi connectivity index (χ1v) is 9.14. The molecule has 25 heavy (non-hydrogen) atoms. The first kappa shape index (κ1) is 19.1. The number of carbonyl (C=O) groups is 1. The van der Waals surface area contributed by atoms with Crippen molar-refractivity contribution in [3.8, 4) is 18.1 Å². The van der Waals surface area contributed by atoms with Crippen LogP contribution < -0.4 is 15.4 Å². The van der Waals surface area contributed by atoms with Crippen LogP contribution in [0.15, 0.2) is 24.3 Å². The van der Waals surface area contributed by atoms with Crippen LogP contribution in [-0.4, -0.2) is 49.8 Å². The van der Waals surface area contributed by atoms with Crippen LogP contribution in [0.25, 0.3) is 0 Å². The number of likely N-dealkylation sites (N-methyl/N-ethyl adjacent to an activating group) is 1. The van der Waals surface area contributed by atoms with Gasteiger partial charge in [0.15, 0.2) is 0 Å². The Kier molecular flexibility index (Phi) is 8.14. The number of rotatable bonds is 8. The monoisotopic (exact) mass is 343 g/mol. The summed E-state index contributed by atoms with van der Waals surface area (Å²) in [6.45, 7) is 5.98. The highest BCUT2D eigenvalue weighted by molar-refractivity contribution is 5.73. The quantitative estimate of drug-likeness (QED) is 0.713. The van der Waals surface area contributed by atoms with Gasteiger partial charge in [-0.1, -0.05) is 31.4 Å². The number of hydrogen-bond donors (Lipinski definition) is 2. The second-order valence-corrected chi connectivity index (χ2v) is 6.30. The third-order valence-electron chi connectivity index (χ3n) is 4.60. The zero-order valence-corrected chi connectivity index (χ0v) is 15.1. The first-order chi connectivity index (χ1) is 12.2. The fraction of sp³-hybridized carbons (Fsp3) is 0.550. The first-order valence-electron chi connectivity index (χ1n) is 9.14. The molecule has 1 fully saturated rings. The number of benzene rings is 1. The van der Waals surface area contributed by atoms with Crippen molar-refractivity contribution in [3.05, 3.63) is 29.8 Å². The molecule has 136 valence electrons. The second kappa shape index (κ2) is 10.6. The van der Waals surface area contributed by atoms with E-state index in [1.807, 2.05) is 24.3 Å². The van der Waals surface area contributed by atoms with E-state index in [1.165, 1.54) is 19.3 Å². The molecule has 0 saturated carbocycles. The molecule has 2 amide bonds. The number of piperidine rings is 1. The summed E-state index contributed by atoms with van der Waals surface area (Å²) in [4.78, 5) is 14.4. The summed E-state index contributed by atoms with van der Waals surface area (Å²) in [6.07, 6.45) is 9.64. The number of nitrogens with zero attached hydrogens (tertiary/aromatic N) is 1. The minimum absolute atomic E-state index is 0.0874. The van der Waals surface area contributed by atoms with Crippen molar-refractivity contribution in [3.63, 3.8) is 0 Å². The topological polar surface area (TPSA) is 53.6 Å². The summed E-state index contributed by atoms with van der Waals surface area (Å²) in [7, 11) is 0. The minimum atomic E-state index is -0.0874. The molecule has 2 rings (SSSR count). The Morgan fingerprint density at radius 2 is 2.12 bits per heavy atom. The molecule has 1 aromatic rings. The number of ether oxygens (including phenoxy) is 1. The summed E-state index contributed by atoms with van der Waals surface area (Å²) in [6, 6.07) is 8.17. The van der Waals surface area contributed by atoms with Gasteiger partial charge in [0.25, 0.3) is 0 Å². The number of terminal acetylenes is 1. The Morgan fingerprint density at radius 3 is 2.84 bits per heavy atom. The summed E-state index contributed by atoms with van der Waals surface area (Å²) in [5.41, 5.74) is 1.15. The molecule has 0 aromatic heterocycles. The average molecular weight is 343 g/mol. The van der Waals surface area contributed by atoms with Crippen molar-refractivity contribution in [2.24, 2.45) is 0 Å². The molecule has 1 heterocycles. The number of urea groups is 1. The van der Waals surface area contributed by atoms with Crippen molar-refractivity contribution < 1.29 is 9.53 Å². The number of hydrogen-bond acceptors (Lipinski definition) is 3. The van der Waals surface area contributed by atoms with Crippen LogP contribution in [0.1, 0.15) is 31.7 Å². The van der Waals surface area contributed by atoms with Crippen LogP contribution in [0.3, 0.4) is 0 Å². The molecular formula is C20H29N3O2. The predicted molar refractivity (Wildman–Crippen MR) is 101 cm³/mol. The van der Waals surface area contributed by atoms with Crippen molar-refractivity contribution >= 4 is 6.03 Å². The summed E-state index contributed by atoms with van der Waals surface area (Å²) in [5, 5.41) is 5.93. The molecule has 5 heteroatoms. The maximum atomic E-state index is 12.0. The van der Waals surface area contributed by atoms with Gasteiger partial charge >= 0.3 is 6.03 Å². The summed E-state index contributed by atoms with van der Waals surface area (Å²) >= 11 is 0. The van der Waals surface area contributed by atoms with Crippen molar-refractivity contribution in [1.82, 2.24) is 15.5 Å². The zero-order valence-electron chi connectivity index (χ0n) is 15.1. The fourth-order valence-corrected chi connectivity index (χ4v) is 3.18. The zero-order chi connectivity index (χ0) is 17.9. The summed E-state index contributed by atoms with van der Waals surface area (Å²) in [5.74, 6) is 3.20. The lowest BCUT2D eigenvalue weighted by molar-refractivity contribution is 0.153. The normalized spacial score (nSPS) is 17.5. The predicted octanol–water partition coefficient (Wildman–Crippen LogP) is 2.41. The van der Waals surface area contributed by atoms with Gasteiger partial charge in [-0.2, -0.15) is 0 Å². The van der Waals surface area contributed by atoms with Gasteiger partial charge in [-0.3, -0.25) is 4.90 Å². The molecule has 5 nitrogen and oxygen atoms in total. The molecule has 2 N–H and O–H groups in total. The Balaban J connectivity index is 1.64. The highest BCUT2D eigenvalue weighted by Gasteiger charge is 2.20. The van der Waals surface area contributed by atoms with E-state index in [4.69, 9.17) is 11.2 Å². The maximum absolute atomic E-state index is 12.0. The highest BCUT2D eigenvalue weighted by atomic mass is 16.5. The number of nitrogens with one attached hydrogen (secondary N) is 2. The second-order valence-electron chi connectivity index (χ2n) is 6.30. The van der Waals surface area contributed by atoms with E-state index in [0.29, 0.717) is 12.6 Å². The van der Waals surface area contributed by atoms with Crippen molar-refractivity contribution in [2.45, 2.75) is 38.6 Å². The average Bonchev–Trinajstić information content (AvgIpc) is 2.66. The van der Waals surface area contributed by atoms with Crippen molar-refractivity contribution in [1.29, 1.82) is 0 Å². The van der Waals surface area contributed by atoms with Gasteiger partial charge in [0.1, 0.15) is 12.4 Å². The Bertz CT molecular complexity index is 565. The van der Waals surface area contributed by atoms with Gasteiger partial charge < -0.3 is 15.4 Å². The number of carbonyl (C=O) groups excluding carboxylic acids is 1. The lowest BCUT2D eigenvalue weighted by Crippen LogP contribution is -2.48. The Morgan fingerprint density at radius 1 is 1.32 bits per heavy atom. The molecular weight excluding hydrogens is 314 g/mol. The van der Waals surface area contributed by atoms with E-state index in [-0.39, 0.29) is 12.6 Å². The fourth-order valence-electron chi connectivity index (χ4n) is 3.18. The molecule has 1 aromatic carbocycles. The highest BCUT2D eigenvalue weighted by Crippen LogP contribution is 2.15. The van der Waals surface area contributed by atoms with Gasteiger partial charge in [-0.05, 0) is 50.0 Å². The third-order valence-corrected chi connectivity index (χ3v) is 4.60. The molecule has 0 spiro atoms. The van der Waals surface area contributed by atoms with Crippen LogP contribution >= 0.6 is 0 Å². The van der Waals surface area contributed by atoms with Gasteiger partial charge in [-0.25, -0.2) is 4.79 Å². The molecule has 1 atom stereocenters. The van der Waals surface area contributed by atoms with Crippen LogP contribution in [0, 0.1) is 12.3 Å². The molecule has 1 aliphatic heterocycles. The smallest absolute Gasteiger partial charge is 0.314 e. The lowest BCUT2D eigenvalue weighted by atomic mass is 10.0. The SMILES string of the molecule is C#CCOc1ccc(CCNC(=O)NCC2CCCCN2CC)cc1. The van der Waals surface area contributed by atoms with Crippen LogP contribution in [-0.2, 0) is 6.42 Å². The molecule has 0 bridgehead atoms. The molecule has 1 aliphatic rings. The van der Waals surface area contributed by atoms with E-state index in [1.54, 1.807) is 0 Å². The van der Waals surface area contributed by atoms with E-state index < -0.39 is 0 Å². The molecule has 0 aliphatic carbocycles. The van der Waals surface area contributed by atoms with Gasteiger partial charge in [0.2, 0.25) is 0 Å². The van der Waals surface area contributed by atoms with Crippen LogP contribution in [0.2, 0.25) is 0 Å². The standard InChI is InChI=1S/C20H29N3O2/c1-3-15-25-19-10-8-17(9-11-19)12-13-21-20(24)22-16-18-7-5-6-14-23(18)4-2/h1,8-11,18H,4-7,12-16H2,2H3,(H2,21,22,24). The maximum Gasteiger partial charge on any atom is 0.314 e. The van der Waals surface area contributed by atoms with E-state index in [0.717, 1.165) is 37.4 Å². The molecule has 0 radical (unpaired) electrons.